The van der Waals surface area contributed by atoms with Crippen LogP contribution in [-0.2, 0) is 11.3 Å². The first kappa shape index (κ1) is 27.0. The lowest BCUT2D eigenvalue weighted by Gasteiger charge is -2.27. The van der Waals surface area contributed by atoms with Crippen LogP contribution >= 0.6 is 22.9 Å². The van der Waals surface area contributed by atoms with Crippen LogP contribution < -0.4 is 4.74 Å². The van der Waals surface area contributed by atoms with Crippen LogP contribution in [0, 0.1) is 0 Å². The van der Waals surface area contributed by atoms with Crippen molar-refractivity contribution in [1.29, 1.82) is 0 Å². The summed E-state index contributed by atoms with van der Waals surface area (Å²) in [6, 6.07) is 10.2. The monoisotopic (exact) mass is 557 g/mol. The molecule has 1 atom stereocenters. The second-order valence-electron chi connectivity index (χ2n) is 10.9. The van der Waals surface area contributed by atoms with Crippen LogP contribution in [0.3, 0.4) is 0 Å². The lowest BCUT2D eigenvalue weighted by Crippen LogP contribution is -2.41. The average molecular weight is 558 g/mol. The molecule has 2 fully saturated rings. The minimum Gasteiger partial charge on any atom is -0.449 e. The SMILES string of the molecule is CC(C)N1CCC(N(C)C(=O)Cn2c(-c3ccc(Cl)cc3)c(C3CCCCC3)c3sc(OC(=O)O)cc32)C1. The maximum Gasteiger partial charge on any atom is 0.512 e. The zero-order valence-corrected chi connectivity index (χ0v) is 23.9. The van der Waals surface area contributed by atoms with Crippen molar-refractivity contribution in [1.82, 2.24) is 14.4 Å². The van der Waals surface area contributed by atoms with Gasteiger partial charge >= 0.3 is 6.16 Å². The van der Waals surface area contributed by atoms with E-state index in [2.05, 4.69) is 23.3 Å². The van der Waals surface area contributed by atoms with E-state index in [0.29, 0.717) is 22.0 Å². The molecule has 5 rings (SSSR count). The summed E-state index contributed by atoms with van der Waals surface area (Å²) in [6.45, 7) is 6.45. The zero-order valence-electron chi connectivity index (χ0n) is 22.3. The number of aromatic nitrogens is 1. The minimum atomic E-state index is -1.33. The van der Waals surface area contributed by atoms with E-state index >= 15 is 0 Å². The summed E-state index contributed by atoms with van der Waals surface area (Å²) in [6.07, 6.45) is 5.35. The Bertz CT molecular complexity index is 1310. The number of hydrogen-bond acceptors (Lipinski definition) is 5. The molecule has 1 N–H and O–H groups in total. The van der Waals surface area contributed by atoms with Gasteiger partial charge in [-0.2, -0.15) is 0 Å². The van der Waals surface area contributed by atoms with Crippen molar-refractivity contribution in [2.24, 2.45) is 0 Å². The maximum atomic E-state index is 13.8. The average Bonchev–Trinajstić information content (AvgIpc) is 3.60. The molecule has 204 valence electrons. The van der Waals surface area contributed by atoms with Gasteiger partial charge in [-0.15, -0.1) is 0 Å². The Morgan fingerprint density at radius 3 is 2.50 bits per heavy atom. The lowest BCUT2D eigenvalue weighted by molar-refractivity contribution is -0.132. The number of fused-ring (bicyclic) bond motifs is 1. The standard InChI is InChI=1S/C29H36ClN3O4S/c1-18(2)32-14-13-22(16-32)31(3)24(34)17-33-23-15-25(37-29(35)36)38-28(23)26(19-7-5-4-6-8-19)27(33)20-9-11-21(30)12-10-20/h9-12,15,18-19,22H,4-8,13-14,16-17H2,1-3H3,(H,35,36). The van der Waals surface area contributed by atoms with Gasteiger partial charge in [-0.25, -0.2) is 4.79 Å². The predicted molar refractivity (Wildman–Crippen MR) is 153 cm³/mol. The van der Waals surface area contributed by atoms with Gasteiger partial charge in [0.05, 0.1) is 15.9 Å². The Morgan fingerprint density at radius 2 is 1.87 bits per heavy atom. The van der Waals surface area contributed by atoms with Crippen molar-refractivity contribution in [2.45, 2.75) is 76.9 Å². The highest BCUT2D eigenvalue weighted by Gasteiger charge is 2.32. The number of carbonyl (C=O) groups is 2. The molecule has 0 radical (unpaired) electrons. The third kappa shape index (κ3) is 5.44. The van der Waals surface area contributed by atoms with Gasteiger partial charge in [0.15, 0.2) is 5.06 Å². The largest absolute Gasteiger partial charge is 0.512 e. The summed E-state index contributed by atoms with van der Waals surface area (Å²) in [5.41, 5.74) is 4.11. The quantitative estimate of drug-likeness (QED) is 0.314. The van der Waals surface area contributed by atoms with Crippen LogP contribution in [0.2, 0.25) is 5.02 Å². The molecule has 2 aliphatic rings. The smallest absolute Gasteiger partial charge is 0.449 e. The highest BCUT2D eigenvalue weighted by molar-refractivity contribution is 7.21. The van der Waals surface area contributed by atoms with Crippen LogP contribution in [-0.4, -0.2) is 63.8 Å². The van der Waals surface area contributed by atoms with Crippen molar-refractivity contribution in [3.8, 4) is 16.3 Å². The van der Waals surface area contributed by atoms with Crippen molar-refractivity contribution in [3.63, 3.8) is 0 Å². The van der Waals surface area contributed by atoms with Crippen molar-refractivity contribution >= 4 is 45.2 Å². The van der Waals surface area contributed by atoms with Gasteiger partial charge in [0, 0.05) is 43.3 Å². The first-order valence-corrected chi connectivity index (χ1v) is 14.7. The number of halogens is 1. The summed E-state index contributed by atoms with van der Waals surface area (Å²) < 4.78 is 8.19. The van der Waals surface area contributed by atoms with E-state index in [9.17, 15) is 14.7 Å². The predicted octanol–water partition coefficient (Wildman–Crippen LogP) is 7.07. The van der Waals surface area contributed by atoms with E-state index in [4.69, 9.17) is 16.3 Å². The van der Waals surface area contributed by atoms with Gasteiger partial charge in [0.1, 0.15) is 6.54 Å². The molecule has 9 heteroatoms. The minimum absolute atomic E-state index is 0.0508. The number of thiophene rings is 1. The van der Waals surface area contributed by atoms with Crippen LogP contribution in [0.1, 0.15) is 63.9 Å². The number of likely N-dealkylation sites (tertiary alicyclic amines) is 1. The highest BCUT2D eigenvalue weighted by atomic mass is 35.5. The summed E-state index contributed by atoms with van der Waals surface area (Å²) in [5, 5.41) is 10.3. The molecule has 1 amide bonds. The summed E-state index contributed by atoms with van der Waals surface area (Å²) in [5.74, 6) is 0.395. The molecule has 7 nitrogen and oxygen atoms in total. The summed E-state index contributed by atoms with van der Waals surface area (Å²) in [4.78, 5) is 29.4. The fourth-order valence-corrected chi connectivity index (χ4v) is 7.38. The van der Waals surface area contributed by atoms with Gasteiger partial charge in [-0.05, 0) is 62.3 Å². The Balaban J connectivity index is 1.59. The zero-order chi connectivity index (χ0) is 27.0. The second kappa shape index (κ2) is 11.3. The first-order chi connectivity index (χ1) is 18.2. The van der Waals surface area contributed by atoms with Gasteiger partial charge in [0.25, 0.3) is 0 Å². The van der Waals surface area contributed by atoms with E-state index in [1.54, 1.807) is 6.07 Å². The van der Waals surface area contributed by atoms with Gasteiger partial charge in [-0.3, -0.25) is 9.69 Å². The van der Waals surface area contributed by atoms with Crippen LogP contribution in [0.15, 0.2) is 30.3 Å². The van der Waals surface area contributed by atoms with Crippen LogP contribution in [0.5, 0.6) is 5.06 Å². The van der Waals surface area contributed by atoms with E-state index < -0.39 is 6.16 Å². The number of ether oxygens (including phenoxy) is 1. The molecule has 1 aromatic carbocycles. The summed E-state index contributed by atoms with van der Waals surface area (Å²) in [7, 11) is 1.91. The van der Waals surface area contributed by atoms with Crippen molar-refractivity contribution in [3.05, 3.63) is 40.9 Å². The Hall–Kier alpha value is -2.55. The maximum absolute atomic E-state index is 13.8. The number of nitrogens with zero attached hydrogens (tertiary/aromatic N) is 3. The molecule has 1 aliphatic carbocycles. The Labute approximate surface area is 232 Å². The van der Waals surface area contributed by atoms with E-state index in [0.717, 1.165) is 66.7 Å². The summed E-state index contributed by atoms with van der Waals surface area (Å²) >= 11 is 7.61. The first-order valence-electron chi connectivity index (χ1n) is 13.5. The van der Waals surface area contributed by atoms with Crippen molar-refractivity contribution in [2.75, 3.05) is 20.1 Å². The van der Waals surface area contributed by atoms with E-state index in [1.165, 1.54) is 23.3 Å². The number of benzene rings is 1. The Kier molecular flexibility index (Phi) is 8.03. The highest BCUT2D eigenvalue weighted by Crippen LogP contribution is 2.48. The molecule has 0 spiro atoms. The lowest BCUT2D eigenvalue weighted by atomic mass is 9.83. The molecular weight excluding hydrogens is 522 g/mol. The molecule has 1 saturated heterocycles. The number of rotatable bonds is 7. The Morgan fingerprint density at radius 1 is 1.16 bits per heavy atom. The molecular formula is C29H36ClN3O4S. The van der Waals surface area contributed by atoms with Crippen LogP contribution in [0.4, 0.5) is 4.79 Å². The fraction of sp³-hybridized carbons (Fsp3) is 0.517. The molecule has 1 saturated carbocycles. The number of carbonyl (C=O) groups excluding carboxylic acids is 1. The van der Waals surface area contributed by atoms with Gasteiger partial charge < -0.3 is 19.3 Å². The van der Waals surface area contributed by atoms with E-state index in [-0.39, 0.29) is 18.5 Å². The molecule has 1 unspecified atom stereocenters. The number of carboxylic acid groups (broad SMARTS) is 1. The normalized spacial score (nSPS) is 18.9. The molecule has 38 heavy (non-hydrogen) atoms. The fourth-order valence-electron chi connectivity index (χ4n) is 6.12. The molecule has 2 aromatic heterocycles. The number of amides is 1. The molecule has 0 bridgehead atoms. The second-order valence-corrected chi connectivity index (χ2v) is 12.3. The molecule has 3 heterocycles. The number of likely N-dealkylation sites (N-methyl/N-ethyl adjacent to an activating group) is 1. The van der Waals surface area contributed by atoms with E-state index in [1.807, 2.05) is 36.2 Å². The molecule has 3 aromatic rings. The third-order valence-corrected chi connectivity index (χ3v) is 9.52. The molecule has 1 aliphatic heterocycles. The van der Waals surface area contributed by atoms with Crippen molar-refractivity contribution < 1.29 is 19.4 Å². The number of hydrogen-bond donors (Lipinski definition) is 1. The van der Waals surface area contributed by atoms with Gasteiger partial charge in [0.2, 0.25) is 5.91 Å². The van der Waals surface area contributed by atoms with Gasteiger partial charge in [-0.1, -0.05) is 54.3 Å². The topological polar surface area (TPSA) is 75.0 Å². The van der Waals surface area contributed by atoms with Crippen LogP contribution in [0.25, 0.3) is 21.5 Å². The third-order valence-electron chi connectivity index (χ3n) is 8.23.